The third-order valence-corrected chi connectivity index (χ3v) is 7.35. The zero-order chi connectivity index (χ0) is 36.1. The number of anilines is 1. The number of ether oxygens (including phenoxy) is 2. The van der Waals surface area contributed by atoms with E-state index >= 15 is 0 Å². The second-order valence-corrected chi connectivity index (χ2v) is 13.7. The molecule has 13 heteroatoms. The Kier molecular flexibility index (Phi) is 11.3. The molecule has 0 saturated heterocycles. The number of hydrogen-bond acceptors (Lipinski definition) is 9. The molecule has 0 saturated carbocycles. The number of alkyl halides is 3. The summed E-state index contributed by atoms with van der Waals surface area (Å²) in [6.45, 7) is 13.8. The van der Waals surface area contributed by atoms with Crippen molar-refractivity contribution in [1.82, 2.24) is 19.9 Å². The molecule has 0 radical (unpaired) electrons. The third-order valence-electron chi connectivity index (χ3n) is 7.35. The lowest BCUT2D eigenvalue weighted by molar-refractivity contribution is -0.139. The summed E-state index contributed by atoms with van der Waals surface area (Å²) in [4.78, 5) is 28.7. The largest absolute Gasteiger partial charge is 0.491 e. The first-order valence-corrected chi connectivity index (χ1v) is 15.9. The van der Waals surface area contributed by atoms with Crippen LogP contribution in [-0.4, -0.2) is 50.1 Å². The third kappa shape index (κ3) is 10.4. The Morgan fingerprint density at radius 1 is 0.878 bits per heavy atom. The molecule has 5 rings (SSSR count). The highest BCUT2D eigenvalue weighted by Crippen LogP contribution is 2.41. The van der Waals surface area contributed by atoms with Gasteiger partial charge in [0.1, 0.15) is 36.4 Å². The van der Waals surface area contributed by atoms with E-state index < -0.39 is 17.3 Å². The van der Waals surface area contributed by atoms with Crippen LogP contribution in [0, 0.1) is 19.8 Å². The maximum atomic E-state index is 13.7. The van der Waals surface area contributed by atoms with Gasteiger partial charge in [-0.2, -0.15) is 13.2 Å². The Balaban J connectivity index is 0.000000237. The second-order valence-electron chi connectivity index (χ2n) is 13.7. The van der Waals surface area contributed by atoms with E-state index in [1.165, 1.54) is 12.3 Å². The molecule has 4 heterocycles. The minimum atomic E-state index is -4.60. The van der Waals surface area contributed by atoms with Gasteiger partial charge in [-0.1, -0.05) is 19.9 Å². The molecule has 1 aromatic carbocycles. The van der Waals surface area contributed by atoms with E-state index in [9.17, 15) is 18.0 Å². The molecule has 49 heavy (non-hydrogen) atoms. The lowest BCUT2D eigenvalue weighted by Gasteiger charge is -2.27. The van der Waals surface area contributed by atoms with Gasteiger partial charge in [0.15, 0.2) is 0 Å². The van der Waals surface area contributed by atoms with E-state index in [1.54, 1.807) is 25.3 Å². The molecule has 0 fully saturated rings. The van der Waals surface area contributed by atoms with Crippen LogP contribution in [0.1, 0.15) is 63.7 Å². The maximum Gasteiger partial charge on any atom is 0.419 e. The number of pyridine rings is 2. The van der Waals surface area contributed by atoms with E-state index in [0.29, 0.717) is 41.5 Å². The summed E-state index contributed by atoms with van der Waals surface area (Å²) < 4.78 is 52.4. The molecular weight excluding hydrogens is 635 g/mol. The van der Waals surface area contributed by atoms with Crippen LogP contribution in [-0.2, 0) is 17.4 Å². The smallest absolute Gasteiger partial charge is 0.419 e. The molecule has 3 aromatic heterocycles. The topological polar surface area (TPSA) is 151 Å². The van der Waals surface area contributed by atoms with Crippen LogP contribution in [0.2, 0.25) is 0 Å². The highest BCUT2D eigenvalue weighted by Gasteiger charge is 2.36. The normalized spacial score (nSPS) is 14.0. The van der Waals surface area contributed by atoms with Gasteiger partial charge in [0.25, 0.3) is 0 Å². The van der Waals surface area contributed by atoms with Crippen LogP contribution >= 0.6 is 0 Å². The van der Waals surface area contributed by atoms with E-state index in [2.05, 4.69) is 25.3 Å². The number of aromatic nitrogens is 4. The van der Waals surface area contributed by atoms with Crippen molar-refractivity contribution in [3.05, 3.63) is 77.5 Å². The fourth-order valence-electron chi connectivity index (χ4n) is 5.37. The lowest BCUT2D eigenvalue weighted by Crippen LogP contribution is -2.43. The molecule has 10 nitrogen and oxygen atoms in total. The molecule has 0 bridgehead atoms. The lowest BCUT2D eigenvalue weighted by atomic mass is 9.92. The van der Waals surface area contributed by atoms with Gasteiger partial charge >= 0.3 is 6.18 Å². The van der Waals surface area contributed by atoms with Crippen LogP contribution in [0.5, 0.6) is 11.5 Å². The Morgan fingerprint density at radius 3 is 2.16 bits per heavy atom. The number of nitrogens with one attached hydrogen (secondary N) is 1. The minimum absolute atomic E-state index is 0.0311. The SMILES string of the molecule is CC(C)CC(C)(N)COc1ccc(-c2ccnc3c2CC(=O)N3)cc1C(F)(F)F.Cc1nccc(-c2ccc(OCC(C)(C)N)c(C)n2)n1. The highest BCUT2D eigenvalue weighted by molar-refractivity contribution is 6.00. The van der Waals surface area contributed by atoms with E-state index in [4.69, 9.17) is 20.9 Å². The van der Waals surface area contributed by atoms with Gasteiger partial charge in [-0.05, 0) is 94.5 Å². The van der Waals surface area contributed by atoms with E-state index in [-0.39, 0.29) is 30.2 Å². The van der Waals surface area contributed by atoms with Crippen molar-refractivity contribution in [2.75, 3.05) is 18.5 Å². The number of fused-ring (bicyclic) bond motifs is 1. The van der Waals surface area contributed by atoms with Crippen LogP contribution in [0.3, 0.4) is 0 Å². The quantitative estimate of drug-likeness (QED) is 0.167. The Hall–Kier alpha value is -4.62. The summed E-state index contributed by atoms with van der Waals surface area (Å²) in [5.74, 6) is 1.66. The zero-order valence-corrected chi connectivity index (χ0v) is 28.9. The number of nitrogens with two attached hydrogens (primary N) is 2. The Labute approximate surface area is 284 Å². The van der Waals surface area contributed by atoms with Gasteiger partial charge in [-0.15, -0.1) is 0 Å². The number of aryl methyl sites for hydroxylation is 2. The average Bonchev–Trinajstić information content (AvgIpc) is 3.38. The maximum absolute atomic E-state index is 13.7. The predicted octanol–water partition coefficient (Wildman–Crippen LogP) is 6.68. The molecule has 4 aromatic rings. The molecule has 0 aliphatic carbocycles. The van der Waals surface area contributed by atoms with Gasteiger partial charge in [0.2, 0.25) is 5.91 Å². The number of nitrogens with zero attached hydrogens (tertiary/aromatic N) is 4. The van der Waals surface area contributed by atoms with Crippen molar-refractivity contribution < 1.29 is 27.4 Å². The van der Waals surface area contributed by atoms with Crippen molar-refractivity contribution in [2.45, 2.75) is 78.6 Å². The molecular formula is C36H44F3N7O3. The van der Waals surface area contributed by atoms with Crippen LogP contribution in [0.15, 0.2) is 54.9 Å². The van der Waals surface area contributed by atoms with Crippen LogP contribution < -0.4 is 26.3 Å². The van der Waals surface area contributed by atoms with E-state index in [1.807, 2.05) is 59.7 Å². The standard InChI is InChI=1S/C21H24F3N3O2.C15H20N4O/c1-12(2)10-20(3,25)11-29-17-5-4-13(8-16(17)21(22,23)24)14-6-7-26-19-15(14)9-18(28)27-19;1-10-14(20-9-15(3,4)16)6-5-12(18-10)13-7-8-17-11(2)19-13/h4-8,12H,9-11,25H2,1-3H3,(H,26,27,28);5-8H,9,16H2,1-4H3. The van der Waals surface area contributed by atoms with E-state index in [0.717, 1.165) is 34.7 Å². The number of rotatable bonds is 10. The van der Waals surface area contributed by atoms with Crippen LogP contribution in [0.4, 0.5) is 19.0 Å². The first kappa shape index (κ1) is 37.2. The molecule has 1 aliphatic rings. The molecule has 1 amide bonds. The summed E-state index contributed by atoms with van der Waals surface area (Å²) in [6, 6.07) is 11.2. The molecule has 1 unspecified atom stereocenters. The molecule has 0 spiro atoms. The van der Waals surface area contributed by atoms with Gasteiger partial charge in [-0.3, -0.25) is 4.79 Å². The summed E-state index contributed by atoms with van der Waals surface area (Å²) in [7, 11) is 0. The predicted molar refractivity (Wildman–Crippen MR) is 183 cm³/mol. The van der Waals surface area contributed by atoms with Crippen molar-refractivity contribution in [3.63, 3.8) is 0 Å². The Bertz CT molecular complexity index is 1790. The van der Waals surface area contributed by atoms with Crippen molar-refractivity contribution in [1.29, 1.82) is 0 Å². The van der Waals surface area contributed by atoms with Gasteiger partial charge in [0.05, 0.1) is 29.1 Å². The summed E-state index contributed by atoms with van der Waals surface area (Å²) in [5.41, 5.74) is 14.0. The average molecular weight is 680 g/mol. The summed E-state index contributed by atoms with van der Waals surface area (Å²) in [5, 5.41) is 2.61. The molecule has 1 atom stereocenters. The van der Waals surface area contributed by atoms with Gasteiger partial charge in [0, 0.05) is 29.0 Å². The number of benzene rings is 1. The monoisotopic (exact) mass is 679 g/mol. The zero-order valence-electron chi connectivity index (χ0n) is 28.9. The van der Waals surface area contributed by atoms with Crippen LogP contribution in [0.25, 0.3) is 22.5 Å². The number of hydrogen-bond donors (Lipinski definition) is 3. The minimum Gasteiger partial charge on any atom is -0.491 e. The molecule has 262 valence electrons. The first-order chi connectivity index (χ1) is 22.8. The number of carbonyl (C=O) groups excluding carboxylic acids is 1. The second kappa shape index (κ2) is 14.9. The fourth-order valence-corrected chi connectivity index (χ4v) is 5.37. The van der Waals surface area contributed by atoms with Crippen molar-refractivity contribution in [3.8, 4) is 34.0 Å². The summed E-state index contributed by atoms with van der Waals surface area (Å²) in [6.07, 6.45) is -0.701. The first-order valence-electron chi connectivity index (χ1n) is 15.9. The number of amides is 1. The summed E-state index contributed by atoms with van der Waals surface area (Å²) >= 11 is 0. The van der Waals surface area contributed by atoms with Crippen molar-refractivity contribution in [2.24, 2.45) is 17.4 Å². The van der Waals surface area contributed by atoms with Crippen molar-refractivity contribution >= 4 is 11.7 Å². The Morgan fingerprint density at radius 2 is 1.53 bits per heavy atom. The fraction of sp³-hybridized carbons (Fsp3) is 0.417. The molecule has 1 aliphatic heterocycles. The highest BCUT2D eigenvalue weighted by atomic mass is 19.4. The number of halogens is 3. The van der Waals surface area contributed by atoms with Gasteiger partial charge < -0.3 is 26.3 Å². The molecule has 5 N–H and O–H groups in total. The number of carbonyl (C=O) groups is 1. The van der Waals surface area contributed by atoms with Gasteiger partial charge in [-0.25, -0.2) is 19.9 Å².